The fourth-order valence-electron chi connectivity index (χ4n) is 3.98. The monoisotopic (exact) mass is 431 g/mol. The fourth-order valence-corrected chi connectivity index (χ4v) is 5.09. The SMILES string of the molecule is NC(=O)c1sc2ccccc2c1C1CN(C(=O)COCCN2CCCC2=O)CCO1. The maximum absolute atomic E-state index is 12.6. The zero-order valence-corrected chi connectivity index (χ0v) is 17.5. The highest BCUT2D eigenvalue weighted by atomic mass is 32.1. The lowest BCUT2D eigenvalue weighted by atomic mass is 10.0. The number of hydrogen-bond donors (Lipinski definition) is 1. The Morgan fingerprint density at radius 3 is 2.87 bits per heavy atom. The van der Waals surface area contributed by atoms with Crippen LogP contribution in [0.3, 0.4) is 0 Å². The van der Waals surface area contributed by atoms with E-state index in [-0.39, 0.29) is 18.4 Å². The third-order valence-corrected chi connectivity index (χ3v) is 6.70. The van der Waals surface area contributed by atoms with Gasteiger partial charge < -0.3 is 25.0 Å². The van der Waals surface area contributed by atoms with Gasteiger partial charge in [-0.3, -0.25) is 14.4 Å². The minimum atomic E-state index is -0.488. The van der Waals surface area contributed by atoms with E-state index < -0.39 is 12.0 Å². The summed E-state index contributed by atoms with van der Waals surface area (Å²) in [6.45, 7) is 2.76. The molecule has 0 bridgehead atoms. The largest absolute Gasteiger partial charge is 0.370 e. The van der Waals surface area contributed by atoms with Crippen molar-refractivity contribution in [3.8, 4) is 0 Å². The van der Waals surface area contributed by atoms with Crippen LogP contribution in [0.4, 0.5) is 0 Å². The van der Waals surface area contributed by atoms with Gasteiger partial charge in [-0.15, -0.1) is 11.3 Å². The number of ether oxygens (including phenoxy) is 2. The average Bonchev–Trinajstić information content (AvgIpc) is 3.34. The van der Waals surface area contributed by atoms with Crippen LogP contribution < -0.4 is 5.73 Å². The van der Waals surface area contributed by atoms with Crippen LogP contribution in [0.2, 0.25) is 0 Å². The average molecular weight is 432 g/mol. The molecule has 2 fully saturated rings. The van der Waals surface area contributed by atoms with Gasteiger partial charge in [-0.25, -0.2) is 0 Å². The Labute approximate surface area is 178 Å². The third kappa shape index (κ3) is 4.33. The van der Waals surface area contributed by atoms with Gasteiger partial charge >= 0.3 is 0 Å². The van der Waals surface area contributed by atoms with Gasteiger partial charge in [0.1, 0.15) is 12.7 Å². The Morgan fingerprint density at radius 2 is 2.10 bits per heavy atom. The molecule has 3 amide bonds. The van der Waals surface area contributed by atoms with E-state index in [1.165, 1.54) is 11.3 Å². The number of fused-ring (bicyclic) bond motifs is 1. The molecule has 2 N–H and O–H groups in total. The van der Waals surface area contributed by atoms with Crippen LogP contribution in [0.25, 0.3) is 10.1 Å². The molecular weight excluding hydrogens is 406 g/mol. The number of carbonyl (C=O) groups is 3. The molecule has 2 aliphatic rings. The maximum atomic E-state index is 12.6. The summed E-state index contributed by atoms with van der Waals surface area (Å²) in [7, 11) is 0. The van der Waals surface area contributed by atoms with E-state index in [0.717, 1.165) is 28.6 Å². The Balaban J connectivity index is 1.38. The first kappa shape index (κ1) is 20.8. The number of amides is 3. The molecule has 0 radical (unpaired) electrons. The molecule has 160 valence electrons. The van der Waals surface area contributed by atoms with Gasteiger partial charge in [0, 0.05) is 36.3 Å². The molecule has 1 aromatic carbocycles. The van der Waals surface area contributed by atoms with Crippen molar-refractivity contribution in [3.63, 3.8) is 0 Å². The minimum Gasteiger partial charge on any atom is -0.370 e. The zero-order chi connectivity index (χ0) is 21.1. The molecule has 0 spiro atoms. The lowest BCUT2D eigenvalue weighted by Crippen LogP contribution is -2.44. The first-order chi connectivity index (χ1) is 14.5. The van der Waals surface area contributed by atoms with Crippen LogP contribution in [0.5, 0.6) is 0 Å². The normalized spacial score (nSPS) is 19.6. The van der Waals surface area contributed by atoms with Gasteiger partial charge in [0.2, 0.25) is 11.8 Å². The Morgan fingerprint density at radius 1 is 1.27 bits per heavy atom. The summed E-state index contributed by atoms with van der Waals surface area (Å²) in [5.41, 5.74) is 6.37. The molecule has 0 saturated carbocycles. The number of primary amides is 1. The van der Waals surface area contributed by atoms with Crippen LogP contribution >= 0.6 is 11.3 Å². The summed E-state index contributed by atoms with van der Waals surface area (Å²) in [5, 5.41) is 0.933. The highest BCUT2D eigenvalue weighted by molar-refractivity contribution is 7.21. The molecule has 1 atom stereocenters. The second-order valence-corrected chi connectivity index (χ2v) is 8.49. The number of likely N-dealkylation sites (tertiary alicyclic amines) is 1. The van der Waals surface area contributed by atoms with Gasteiger partial charge in [0.25, 0.3) is 5.91 Å². The lowest BCUT2D eigenvalue weighted by Gasteiger charge is -2.33. The van der Waals surface area contributed by atoms with Crippen molar-refractivity contribution in [2.24, 2.45) is 5.73 Å². The Kier molecular flexibility index (Phi) is 6.31. The number of nitrogens with zero attached hydrogens (tertiary/aromatic N) is 2. The first-order valence-electron chi connectivity index (χ1n) is 10.1. The smallest absolute Gasteiger partial charge is 0.259 e. The van der Waals surface area contributed by atoms with Crippen LogP contribution in [0.1, 0.15) is 34.2 Å². The quantitative estimate of drug-likeness (QED) is 0.670. The zero-order valence-electron chi connectivity index (χ0n) is 16.7. The van der Waals surface area contributed by atoms with E-state index in [1.807, 2.05) is 24.3 Å². The first-order valence-corrected chi connectivity index (χ1v) is 10.9. The van der Waals surface area contributed by atoms with E-state index in [9.17, 15) is 14.4 Å². The van der Waals surface area contributed by atoms with Crippen molar-refractivity contribution in [1.82, 2.24) is 9.80 Å². The fraction of sp³-hybridized carbons (Fsp3) is 0.476. The van der Waals surface area contributed by atoms with E-state index in [0.29, 0.717) is 44.1 Å². The number of morpholine rings is 1. The van der Waals surface area contributed by atoms with E-state index in [1.54, 1.807) is 9.80 Å². The predicted molar refractivity (Wildman–Crippen MR) is 112 cm³/mol. The summed E-state index contributed by atoms with van der Waals surface area (Å²) >= 11 is 1.35. The second-order valence-electron chi connectivity index (χ2n) is 7.44. The number of carbonyl (C=O) groups excluding carboxylic acids is 3. The van der Waals surface area contributed by atoms with Crippen molar-refractivity contribution >= 4 is 39.1 Å². The number of nitrogens with two attached hydrogens (primary N) is 1. The molecule has 1 unspecified atom stereocenters. The maximum Gasteiger partial charge on any atom is 0.259 e. The van der Waals surface area contributed by atoms with Crippen LogP contribution in [-0.2, 0) is 19.1 Å². The summed E-state index contributed by atoms with van der Waals surface area (Å²) < 4.78 is 12.4. The summed E-state index contributed by atoms with van der Waals surface area (Å²) in [5.74, 6) is -0.469. The summed E-state index contributed by atoms with van der Waals surface area (Å²) in [6, 6.07) is 7.72. The molecule has 4 rings (SSSR count). The topological polar surface area (TPSA) is 102 Å². The summed E-state index contributed by atoms with van der Waals surface area (Å²) in [4.78, 5) is 40.2. The molecular formula is C21H25N3O5S. The molecule has 30 heavy (non-hydrogen) atoms. The number of thiophene rings is 1. The van der Waals surface area contributed by atoms with Crippen molar-refractivity contribution < 1.29 is 23.9 Å². The van der Waals surface area contributed by atoms with Gasteiger partial charge in [0.15, 0.2) is 0 Å². The number of rotatable bonds is 7. The van der Waals surface area contributed by atoms with Crippen molar-refractivity contribution in [3.05, 3.63) is 34.7 Å². The van der Waals surface area contributed by atoms with Crippen LogP contribution in [0.15, 0.2) is 24.3 Å². The summed E-state index contributed by atoms with van der Waals surface area (Å²) in [6.07, 6.45) is 1.07. The molecule has 8 nitrogen and oxygen atoms in total. The molecule has 3 heterocycles. The Hall–Kier alpha value is -2.49. The van der Waals surface area contributed by atoms with Crippen molar-refractivity contribution in [2.45, 2.75) is 18.9 Å². The highest BCUT2D eigenvalue weighted by Gasteiger charge is 2.31. The van der Waals surface area contributed by atoms with Crippen LogP contribution in [0, 0.1) is 0 Å². The minimum absolute atomic E-state index is 0.0399. The molecule has 0 aliphatic carbocycles. The third-order valence-electron chi connectivity index (χ3n) is 5.50. The van der Waals surface area contributed by atoms with Gasteiger partial charge in [-0.05, 0) is 17.9 Å². The van der Waals surface area contributed by atoms with E-state index in [4.69, 9.17) is 15.2 Å². The van der Waals surface area contributed by atoms with Crippen LogP contribution in [-0.4, -0.2) is 73.5 Å². The lowest BCUT2D eigenvalue weighted by molar-refractivity contribution is -0.144. The van der Waals surface area contributed by atoms with E-state index >= 15 is 0 Å². The molecule has 2 saturated heterocycles. The highest BCUT2D eigenvalue weighted by Crippen LogP contribution is 2.37. The van der Waals surface area contributed by atoms with Gasteiger partial charge in [-0.2, -0.15) is 0 Å². The molecule has 1 aromatic heterocycles. The molecule has 2 aliphatic heterocycles. The van der Waals surface area contributed by atoms with Gasteiger partial charge in [-0.1, -0.05) is 18.2 Å². The van der Waals surface area contributed by atoms with Gasteiger partial charge in [0.05, 0.1) is 24.6 Å². The molecule has 9 heteroatoms. The number of benzene rings is 1. The standard InChI is InChI=1S/C21H25N3O5S/c22-21(27)20-19(14-4-1-2-5-16(14)30-20)15-12-24(9-11-29-15)18(26)13-28-10-8-23-7-3-6-17(23)25/h1-2,4-5,15H,3,6-13H2,(H2,22,27). The van der Waals surface area contributed by atoms with Crippen molar-refractivity contribution in [2.75, 3.05) is 46.0 Å². The van der Waals surface area contributed by atoms with Crippen molar-refractivity contribution in [1.29, 1.82) is 0 Å². The predicted octanol–water partition coefficient (Wildman–Crippen LogP) is 1.54. The Bertz CT molecular complexity index is 959. The van der Waals surface area contributed by atoms with E-state index in [2.05, 4.69) is 0 Å². The molecule has 2 aromatic rings. The second kappa shape index (κ2) is 9.11. The number of hydrogen-bond acceptors (Lipinski definition) is 6.